The van der Waals surface area contributed by atoms with E-state index in [4.69, 9.17) is 4.74 Å². The number of amides is 1. The lowest BCUT2D eigenvalue weighted by Crippen LogP contribution is -2.14. The van der Waals surface area contributed by atoms with Crippen LogP contribution in [0.3, 0.4) is 0 Å². The Morgan fingerprint density at radius 1 is 1.10 bits per heavy atom. The number of aryl methyl sites for hydroxylation is 2. The fraction of sp³-hybridized carbons (Fsp3) is 0.120. The molecule has 0 fully saturated rings. The van der Waals surface area contributed by atoms with Crippen LogP contribution in [0.4, 0.5) is 5.69 Å². The highest BCUT2D eigenvalue weighted by molar-refractivity contribution is 9.10. The van der Waals surface area contributed by atoms with Gasteiger partial charge in [0.25, 0.3) is 5.91 Å². The largest absolute Gasteiger partial charge is 0.488 e. The third-order valence-electron chi connectivity index (χ3n) is 4.52. The van der Waals surface area contributed by atoms with E-state index in [9.17, 15) is 10.1 Å². The number of hydrogen-bond donors (Lipinski definition) is 1. The molecule has 1 N–H and O–H groups in total. The second-order valence-electron chi connectivity index (χ2n) is 6.90. The molecule has 3 aromatic rings. The fourth-order valence-corrected chi connectivity index (χ4v) is 3.24. The molecule has 0 aliphatic carbocycles. The highest BCUT2D eigenvalue weighted by Gasteiger charge is 2.13. The van der Waals surface area contributed by atoms with Crippen LogP contribution in [0.2, 0.25) is 0 Å². The Kier molecular flexibility index (Phi) is 7.05. The molecule has 0 heterocycles. The molecule has 0 atom stereocenters. The molecule has 0 saturated heterocycles. The molecule has 3 aromatic carbocycles. The Balaban J connectivity index is 1.85. The molecule has 5 heteroatoms. The van der Waals surface area contributed by atoms with E-state index in [2.05, 4.69) is 21.2 Å². The third-order valence-corrected chi connectivity index (χ3v) is 5.01. The van der Waals surface area contributed by atoms with Gasteiger partial charge in [0.2, 0.25) is 0 Å². The number of anilines is 1. The Morgan fingerprint density at radius 3 is 2.60 bits per heavy atom. The molecule has 0 spiro atoms. The van der Waals surface area contributed by atoms with Crippen LogP contribution in [0.25, 0.3) is 6.08 Å². The summed E-state index contributed by atoms with van der Waals surface area (Å²) in [6.45, 7) is 4.25. The molecular weight excluding hydrogens is 440 g/mol. The smallest absolute Gasteiger partial charge is 0.266 e. The Bertz CT molecular complexity index is 1130. The van der Waals surface area contributed by atoms with E-state index < -0.39 is 5.91 Å². The Hall–Kier alpha value is -3.36. The van der Waals surface area contributed by atoms with Gasteiger partial charge in [0.1, 0.15) is 24.0 Å². The summed E-state index contributed by atoms with van der Waals surface area (Å²) < 4.78 is 6.78. The summed E-state index contributed by atoms with van der Waals surface area (Å²) in [6.07, 6.45) is 1.55. The average Bonchev–Trinajstić information content (AvgIpc) is 2.74. The van der Waals surface area contributed by atoms with Gasteiger partial charge in [-0.05, 0) is 60.9 Å². The first kappa shape index (κ1) is 21.4. The van der Waals surface area contributed by atoms with Crippen molar-refractivity contribution in [3.05, 3.63) is 99.0 Å². The lowest BCUT2D eigenvalue weighted by Gasteiger charge is -2.11. The van der Waals surface area contributed by atoms with Crippen LogP contribution >= 0.6 is 15.9 Å². The maximum atomic E-state index is 12.7. The number of carbonyl (C=O) groups excluding carboxylic acids is 1. The summed E-state index contributed by atoms with van der Waals surface area (Å²) in [5.74, 6) is 0.134. The van der Waals surface area contributed by atoms with Crippen molar-refractivity contribution in [3.63, 3.8) is 0 Å². The summed E-state index contributed by atoms with van der Waals surface area (Å²) in [7, 11) is 0. The first-order chi connectivity index (χ1) is 14.5. The molecule has 1 amide bonds. The summed E-state index contributed by atoms with van der Waals surface area (Å²) >= 11 is 3.44. The molecule has 0 saturated carbocycles. The second kappa shape index (κ2) is 9.91. The van der Waals surface area contributed by atoms with Crippen LogP contribution in [0.5, 0.6) is 5.75 Å². The van der Waals surface area contributed by atoms with Crippen LogP contribution in [0.1, 0.15) is 22.3 Å². The number of ether oxygens (including phenoxy) is 1. The van der Waals surface area contributed by atoms with Crippen molar-refractivity contribution >= 4 is 33.6 Å². The molecule has 0 aliphatic rings. The summed E-state index contributed by atoms with van der Waals surface area (Å²) in [6, 6.07) is 23.1. The molecule has 4 nitrogen and oxygen atoms in total. The van der Waals surface area contributed by atoms with Crippen LogP contribution in [0, 0.1) is 25.2 Å². The van der Waals surface area contributed by atoms with Gasteiger partial charge in [-0.25, -0.2) is 0 Å². The number of benzene rings is 3. The Morgan fingerprint density at radius 2 is 1.87 bits per heavy atom. The first-order valence-electron chi connectivity index (χ1n) is 9.43. The molecule has 0 aromatic heterocycles. The highest BCUT2D eigenvalue weighted by Crippen LogP contribution is 2.27. The van der Waals surface area contributed by atoms with Crippen LogP contribution in [-0.4, -0.2) is 5.91 Å². The van der Waals surface area contributed by atoms with Gasteiger partial charge in [-0.1, -0.05) is 58.4 Å². The highest BCUT2D eigenvalue weighted by atomic mass is 79.9. The van der Waals surface area contributed by atoms with Crippen LogP contribution in [-0.2, 0) is 11.4 Å². The zero-order chi connectivity index (χ0) is 21.5. The van der Waals surface area contributed by atoms with E-state index in [0.29, 0.717) is 23.6 Å². The van der Waals surface area contributed by atoms with E-state index in [1.807, 2.05) is 86.6 Å². The molecular formula is C25H21BrN2O2. The van der Waals surface area contributed by atoms with Gasteiger partial charge in [-0.2, -0.15) is 5.26 Å². The van der Waals surface area contributed by atoms with Gasteiger partial charge < -0.3 is 10.1 Å². The number of hydrogen-bond acceptors (Lipinski definition) is 3. The van der Waals surface area contributed by atoms with E-state index >= 15 is 0 Å². The minimum atomic E-state index is -0.458. The fourth-order valence-electron chi connectivity index (χ4n) is 2.86. The quantitative estimate of drug-likeness (QED) is 0.352. The van der Waals surface area contributed by atoms with Crippen molar-refractivity contribution in [2.75, 3.05) is 5.32 Å². The first-order valence-corrected chi connectivity index (χ1v) is 10.2. The van der Waals surface area contributed by atoms with Crippen molar-refractivity contribution in [2.45, 2.75) is 20.5 Å². The number of halogens is 1. The zero-order valence-corrected chi connectivity index (χ0v) is 18.4. The van der Waals surface area contributed by atoms with E-state index in [0.717, 1.165) is 21.2 Å². The van der Waals surface area contributed by atoms with Crippen LogP contribution in [0.15, 0.2) is 76.8 Å². The van der Waals surface area contributed by atoms with Gasteiger partial charge >= 0.3 is 0 Å². The molecule has 30 heavy (non-hydrogen) atoms. The topological polar surface area (TPSA) is 62.1 Å². The molecule has 0 aliphatic heterocycles. The number of rotatable bonds is 6. The van der Waals surface area contributed by atoms with E-state index in [1.54, 1.807) is 6.08 Å². The summed E-state index contributed by atoms with van der Waals surface area (Å²) in [4.78, 5) is 12.7. The van der Waals surface area contributed by atoms with Crippen molar-refractivity contribution in [1.82, 2.24) is 0 Å². The van der Waals surface area contributed by atoms with Crippen LogP contribution < -0.4 is 10.1 Å². The number of nitrogens with zero attached hydrogens (tertiary/aromatic N) is 1. The normalized spacial score (nSPS) is 10.9. The maximum absolute atomic E-state index is 12.7. The van der Waals surface area contributed by atoms with E-state index in [-0.39, 0.29) is 5.57 Å². The summed E-state index contributed by atoms with van der Waals surface area (Å²) in [5.41, 5.74) is 4.33. The molecule has 0 bridgehead atoms. The van der Waals surface area contributed by atoms with Gasteiger partial charge in [0.15, 0.2) is 0 Å². The number of nitriles is 1. The minimum Gasteiger partial charge on any atom is -0.488 e. The predicted molar refractivity (Wildman–Crippen MR) is 123 cm³/mol. The van der Waals surface area contributed by atoms with Gasteiger partial charge in [0, 0.05) is 15.7 Å². The van der Waals surface area contributed by atoms with Gasteiger partial charge in [0.05, 0.1) is 0 Å². The SMILES string of the molecule is Cc1ccc(C)c(NC(=O)/C(C#N)=C/c2cc(Br)ccc2OCc2ccccc2)c1. The Labute approximate surface area is 184 Å². The van der Waals surface area contributed by atoms with Gasteiger partial charge in [-0.3, -0.25) is 4.79 Å². The molecule has 150 valence electrons. The molecule has 3 rings (SSSR count). The summed E-state index contributed by atoms with van der Waals surface area (Å²) in [5, 5.41) is 12.4. The second-order valence-corrected chi connectivity index (χ2v) is 7.81. The predicted octanol–water partition coefficient (Wildman–Crippen LogP) is 6.19. The van der Waals surface area contributed by atoms with Crippen molar-refractivity contribution in [2.24, 2.45) is 0 Å². The van der Waals surface area contributed by atoms with E-state index in [1.165, 1.54) is 0 Å². The van der Waals surface area contributed by atoms with Crippen molar-refractivity contribution < 1.29 is 9.53 Å². The lowest BCUT2D eigenvalue weighted by atomic mass is 10.1. The zero-order valence-electron chi connectivity index (χ0n) is 16.8. The van der Waals surface area contributed by atoms with Crippen molar-refractivity contribution in [3.8, 4) is 11.8 Å². The lowest BCUT2D eigenvalue weighted by molar-refractivity contribution is -0.112. The number of carbonyl (C=O) groups is 1. The number of nitrogens with one attached hydrogen (secondary N) is 1. The minimum absolute atomic E-state index is 0.00133. The maximum Gasteiger partial charge on any atom is 0.266 e. The molecule has 0 unspecified atom stereocenters. The third kappa shape index (κ3) is 5.59. The van der Waals surface area contributed by atoms with Crippen molar-refractivity contribution in [1.29, 1.82) is 5.26 Å². The van der Waals surface area contributed by atoms with Gasteiger partial charge in [-0.15, -0.1) is 0 Å². The average molecular weight is 461 g/mol. The monoisotopic (exact) mass is 460 g/mol. The molecule has 0 radical (unpaired) electrons. The standard InChI is InChI=1S/C25H21BrN2O2/c1-17-8-9-18(2)23(12-17)28-25(29)21(15-27)13-20-14-22(26)10-11-24(20)30-16-19-6-4-3-5-7-19/h3-14H,16H2,1-2H3,(H,28,29)/b21-13+.